The van der Waals surface area contributed by atoms with E-state index in [-0.39, 0.29) is 5.75 Å². The SMILES string of the molecule is O=S(=O)(Cc1ccc(Cl)cc1)N(CCc1cccs1)Cc1ccoc1. The summed E-state index contributed by atoms with van der Waals surface area (Å²) in [6.45, 7) is 0.736. The highest BCUT2D eigenvalue weighted by atomic mass is 35.5. The van der Waals surface area contributed by atoms with Crippen LogP contribution in [-0.2, 0) is 28.7 Å². The minimum absolute atomic E-state index is 0.0491. The van der Waals surface area contributed by atoms with Gasteiger partial charge in [0.1, 0.15) is 0 Å². The quantitative estimate of drug-likeness (QED) is 0.561. The van der Waals surface area contributed by atoms with Gasteiger partial charge in [-0.25, -0.2) is 8.42 Å². The van der Waals surface area contributed by atoms with Crippen LogP contribution in [0.2, 0.25) is 5.02 Å². The molecule has 0 unspecified atom stereocenters. The van der Waals surface area contributed by atoms with Gasteiger partial charge in [-0.15, -0.1) is 11.3 Å². The van der Waals surface area contributed by atoms with Gasteiger partial charge in [-0.3, -0.25) is 0 Å². The third kappa shape index (κ3) is 5.19. The van der Waals surface area contributed by atoms with Gasteiger partial charge in [0.05, 0.1) is 18.3 Å². The van der Waals surface area contributed by atoms with Gasteiger partial charge in [-0.1, -0.05) is 29.8 Å². The van der Waals surface area contributed by atoms with E-state index in [1.807, 2.05) is 17.5 Å². The van der Waals surface area contributed by atoms with Crippen LogP contribution < -0.4 is 0 Å². The predicted molar refractivity (Wildman–Crippen MR) is 101 cm³/mol. The fourth-order valence-electron chi connectivity index (χ4n) is 2.48. The van der Waals surface area contributed by atoms with Crippen LogP contribution >= 0.6 is 22.9 Å². The summed E-state index contributed by atoms with van der Waals surface area (Å²) in [6, 6.07) is 12.7. The van der Waals surface area contributed by atoms with Gasteiger partial charge >= 0.3 is 0 Å². The van der Waals surface area contributed by atoms with Crippen LogP contribution in [-0.4, -0.2) is 19.3 Å². The van der Waals surface area contributed by atoms with E-state index in [0.29, 0.717) is 24.5 Å². The van der Waals surface area contributed by atoms with Crippen molar-refractivity contribution >= 4 is 33.0 Å². The van der Waals surface area contributed by atoms with Crippen LogP contribution in [0.1, 0.15) is 16.0 Å². The summed E-state index contributed by atoms with van der Waals surface area (Å²) in [4.78, 5) is 1.17. The van der Waals surface area contributed by atoms with Crippen LogP contribution in [0.4, 0.5) is 0 Å². The number of benzene rings is 1. The van der Waals surface area contributed by atoms with Crippen molar-refractivity contribution in [1.29, 1.82) is 0 Å². The minimum Gasteiger partial charge on any atom is -0.472 e. The Bertz CT molecular complexity index is 873. The molecule has 2 aromatic heterocycles. The monoisotopic (exact) mass is 395 g/mol. The average Bonchev–Trinajstić information content (AvgIpc) is 3.26. The molecule has 0 aliphatic carbocycles. The number of halogens is 1. The smallest absolute Gasteiger partial charge is 0.218 e. The Hall–Kier alpha value is -1.60. The Kier molecular flexibility index (Phi) is 5.96. The highest BCUT2D eigenvalue weighted by Crippen LogP contribution is 2.19. The molecule has 25 heavy (non-hydrogen) atoms. The Morgan fingerprint density at radius 3 is 2.52 bits per heavy atom. The molecule has 2 heterocycles. The zero-order chi connectivity index (χ0) is 17.7. The van der Waals surface area contributed by atoms with Crippen molar-refractivity contribution in [3.63, 3.8) is 0 Å². The van der Waals surface area contributed by atoms with E-state index in [9.17, 15) is 8.42 Å². The van der Waals surface area contributed by atoms with E-state index in [0.717, 1.165) is 11.1 Å². The van der Waals surface area contributed by atoms with E-state index < -0.39 is 10.0 Å². The molecule has 0 radical (unpaired) electrons. The summed E-state index contributed by atoms with van der Waals surface area (Å²) in [5, 5.41) is 2.59. The zero-order valence-corrected chi connectivity index (χ0v) is 15.9. The van der Waals surface area contributed by atoms with Gasteiger partial charge in [-0.2, -0.15) is 4.31 Å². The topological polar surface area (TPSA) is 50.5 Å². The molecule has 4 nitrogen and oxygen atoms in total. The second-order valence-corrected chi connectivity index (χ2v) is 9.11. The highest BCUT2D eigenvalue weighted by molar-refractivity contribution is 7.88. The summed E-state index contributed by atoms with van der Waals surface area (Å²) in [7, 11) is -3.46. The van der Waals surface area contributed by atoms with E-state index in [4.69, 9.17) is 16.0 Å². The average molecular weight is 396 g/mol. The van der Waals surface area contributed by atoms with Crippen LogP contribution in [0, 0.1) is 0 Å². The lowest BCUT2D eigenvalue weighted by atomic mass is 10.2. The first-order valence-corrected chi connectivity index (χ1v) is 10.7. The first kappa shape index (κ1) is 18.2. The molecule has 132 valence electrons. The van der Waals surface area contributed by atoms with Crippen molar-refractivity contribution in [3.05, 3.63) is 81.4 Å². The summed E-state index contributed by atoms with van der Waals surface area (Å²) < 4.78 is 32.5. The maximum atomic E-state index is 12.9. The first-order valence-electron chi connectivity index (χ1n) is 7.79. The van der Waals surface area contributed by atoms with Crippen molar-refractivity contribution in [2.75, 3.05) is 6.54 Å². The predicted octanol–water partition coefficient (Wildman–Crippen LogP) is 4.57. The van der Waals surface area contributed by atoms with Crippen LogP contribution in [0.15, 0.2) is 64.8 Å². The van der Waals surface area contributed by atoms with Gasteiger partial charge in [0.2, 0.25) is 10.0 Å². The van der Waals surface area contributed by atoms with Crippen molar-refractivity contribution in [2.45, 2.75) is 18.7 Å². The van der Waals surface area contributed by atoms with E-state index in [1.165, 1.54) is 9.18 Å². The van der Waals surface area contributed by atoms with Gasteiger partial charge in [0.25, 0.3) is 0 Å². The Labute approximate surface area is 156 Å². The van der Waals surface area contributed by atoms with Crippen LogP contribution in [0.3, 0.4) is 0 Å². The molecule has 0 saturated heterocycles. The third-order valence-electron chi connectivity index (χ3n) is 3.78. The number of nitrogens with zero attached hydrogens (tertiary/aromatic N) is 1. The Morgan fingerprint density at radius 2 is 1.88 bits per heavy atom. The maximum absolute atomic E-state index is 12.9. The molecule has 0 aliphatic rings. The second-order valence-electron chi connectivity index (χ2n) is 5.68. The summed E-state index contributed by atoms with van der Waals surface area (Å²) >= 11 is 7.51. The number of thiophene rings is 1. The molecule has 3 rings (SSSR count). The zero-order valence-electron chi connectivity index (χ0n) is 13.5. The van der Waals surface area contributed by atoms with E-state index in [2.05, 4.69) is 0 Å². The lowest BCUT2D eigenvalue weighted by Crippen LogP contribution is -2.33. The van der Waals surface area contributed by atoms with Crippen molar-refractivity contribution in [2.24, 2.45) is 0 Å². The summed E-state index contributed by atoms with van der Waals surface area (Å²) in [5.74, 6) is -0.0491. The normalized spacial score (nSPS) is 11.9. The number of furan rings is 1. The number of rotatable bonds is 8. The third-order valence-corrected chi connectivity index (χ3v) is 6.77. The summed E-state index contributed by atoms with van der Waals surface area (Å²) in [6.07, 6.45) is 3.82. The van der Waals surface area contributed by atoms with Crippen molar-refractivity contribution in [1.82, 2.24) is 4.31 Å². The Balaban J connectivity index is 1.76. The standard InChI is InChI=1S/C18H18ClNO3S2/c19-17-5-3-15(4-6-17)14-25(21,22)20(12-16-8-10-23-13-16)9-7-18-2-1-11-24-18/h1-6,8,10-11,13H,7,9,12,14H2. The van der Waals surface area contributed by atoms with Gasteiger partial charge in [-0.05, 0) is 41.6 Å². The minimum atomic E-state index is -3.46. The molecule has 0 amide bonds. The fraction of sp³-hybridized carbons (Fsp3) is 0.222. The number of hydrogen-bond acceptors (Lipinski definition) is 4. The molecule has 7 heteroatoms. The highest BCUT2D eigenvalue weighted by Gasteiger charge is 2.23. The molecule has 0 N–H and O–H groups in total. The molecule has 0 bridgehead atoms. The molecule has 0 aliphatic heterocycles. The number of hydrogen-bond donors (Lipinski definition) is 0. The van der Waals surface area contributed by atoms with Gasteiger partial charge in [0.15, 0.2) is 0 Å². The van der Waals surface area contributed by atoms with Crippen LogP contribution in [0.25, 0.3) is 0 Å². The lowest BCUT2D eigenvalue weighted by molar-refractivity contribution is 0.407. The molecular formula is C18H18ClNO3S2. The molecule has 1 aromatic carbocycles. The van der Waals surface area contributed by atoms with Gasteiger partial charge < -0.3 is 4.42 Å². The largest absolute Gasteiger partial charge is 0.472 e. The van der Waals surface area contributed by atoms with Crippen LogP contribution in [0.5, 0.6) is 0 Å². The molecule has 0 atom stereocenters. The lowest BCUT2D eigenvalue weighted by Gasteiger charge is -2.21. The van der Waals surface area contributed by atoms with Crippen molar-refractivity contribution in [3.8, 4) is 0 Å². The molecular weight excluding hydrogens is 378 g/mol. The fourth-order valence-corrected chi connectivity index (χ4v) is 4.81. The summed E-state index contributed by atoms with van der Waals surface area (Å²) in [5.41, 5.74) is 1.56. The molecule has 0 spiro atoms. The van der Waals surface area contributed by atoms with Gasteiger partial charge in [0, 0.05) is 28.6 Å². The van der Waals surface area contributed by atoms with E-state index in [1.54, 1.807) is 54.2 Å². The molecule has 0 fully saturated rings. The Morgan fingerprint density at radius 1 is 1.08 bits per heavy atom. The second kappa shape index (κ2) is 8.19. The van der Waals surface area contributed by atoms with E-state index >= 15 is 0 Å². The van der Waals surface area contributed by atoms with Crippen molar-refractivity contribution < 1.29 is 12.8 Å². The molecule has 3 aromatic rings. The number of sulfonamides is 1. The first-order chi connectivity index (χ1) is 12.0. The molecule has 0 saturated carbocycles. The maximum Gasteiger partial charge on any atom is 0.218 e.